The van der Waals surface area contributed by atoms with Gasteiger partial charge in [-0.3, -0.25) is 4.99 Å². The smallest absolute Gasteiger partial charge is 0.213 e. The third-order valence-corrected chi connectivity index (χ3v) is 4.82. The fourth-order valence-electron chi connectivity index (χ4n) is 2.25. The molecule has 54 heavy (non-hydrogen) atoms. The maximum atomic E-state index is 4.58. The molecule has 10 rings (SSSR count). The highest BCUT2D eigenvalue weighted by Gasteiger charge is 1.73. The molecule has 0 spiro atoms. The van der Waals surface area contributed by atoms with Crippen LogP contribution in [-0.4, -0.2) is 56.5 Å². The molecule has 0 radical (unpaired) electrons. The summed E-state index contributed by atoms with van der Waals surface area (Å²) in [5, 5.41) is 13.9. The summed E-state index contributed by atoms with van der Waals surface area (Å²) in [5.41, 5.74) is 0. The van der Waals surface area contributed by atoms with Crippen LogP contribution in [0.5, 0.6) is 0 Å². The van der Waals surface area contributed by atoms with Gasteiger partial charge in [0.25, 0.3) is 0 Å². The van der Waals surface area contributed by atoms with E-state index in [4.69, 9.17) is 0 Å². The van der Waals surface area contributed by atoms with E-state index in [1.165, 1.54) is 38.2 Å². The van der Waals surface area contributed by atoms with Gasteiger partial charge in [0, 0.05) is 68.4 Å². The molecule has 0 fully saturated rings. The Morgan fingerprint density at radius 1 is 0.500 bits per heavy atom. The lowest BCUT2D eigenvalue weighted by Gasteiger charge is -1.54. The highest BCUT2D eigenvalue weighted by Crippen LogP contribution is 1.91. The molecule has 0 unspecified atom stereocenters. The van der Waals surface area contributed by atoms with Gasteiger partial charge in [0.1, 0.15) is 6.26 Å². The maximum absolute atomic E-state index is 4.58. The zero-order valence-corrected chi connectivity index (χ0v) is 27.7. The third kappa shape index (κ3) is 47.0. The second-order valence-electron chi connectivity index (χ2n) is 7.79. The van der Waals surface area contributed by atoms with E-state index < -0.39 is 0 Å². The Labute approximate surface area is 322 Å². The first-order chi connectivity index (χ1) is 25.0. The van der Waals surface area contributed by atoms with Crippen LogP contribution < -0.4 is 0 Å². The number of allylic oxidation sites excluding steroid dienone is 1. The predicted molar refractivity (Wildman–Crippen MR) is 218 cm³/mol. The van der Waals surface area contributed by atoms with Crippen molar-refractivity contribution in [2.75, 3.05) is 0 Å². The fourth-order valence-corrected chi connectivity index (χ4v) is 2.71. The van der Waals surface area contributed by atoms with Gasteiger partial charge in [-0.1, -0.05) is 53.1 Å². The molecular weight excluding hydrogens is 707 g/mol. The van der Waals surface area contributed by atoms with Gasteiger partial charge < -0.3 is 37.7 Å². The van der Waals surface area contributed by atoms with E-state index in [2.05, 4.69) is 73.0 Å². The molecule has 0 saturated heterocycles. The number of nitrogens with zero attached hydrogens (tertiary/aromatic N) is 7. The third-order valence-electron chi connectivity index (χ3n) is 4.20. The van der Waals surface area contributed by atoms with Crippen LogP contribution in [0.1, 0.15) is 36.1 Å². The predicted octanol–water partition coefficient (Wildman–Crippen LogP) is 10.8. The van der Waals surface area contributed by atoms with Gasteiger partial charge in [-0.15, -0.1) is 10.2 Å². The van der Waals surface area contributed by atoms with E-state index in [1.54, 1.807) is 55.0 Å². The van der Waals surface area contributed by atoms with Crippen LogP contribution in [0.25, 0.3) is 0 Å². The summed E-state index contributed by atoms with van der Waals surface area (Å²) in [6, 6.07) is 19.4. The van der Waals surface area contributed by atoms with Crippen LogP contribution in [0, 0.1) is 0 Å². The van der Waals surface area contributed by atoms with Crippen molar-refractivity contribution in [3.63, 3.8) is 0 Å². The summed E-state index contributed by atoms with van der Waals surface area (Å²) in [6.45, 7) is 0. The number of furan rings is 1. The monoisotopic (exact) mass is 761 g/mol. The number of nitrogens with one attached hydrogen (secondary N) is 4. The largest absolute Gasteiger partial charge is 0.473 e. The van der Waals surface area contributed by atoms with Crippen molar-refractivity contribution in [1.82, 2.24) is 50.2 Å². The lowest BCUT2D eigenvalue weighted by molar-refractivity contribution is 0.416. The number of H-pyrrole nitrogens is 4. The molecular formula is C38H55N11O4S. The summed E-state index contributed by atoms with van der Waals surface area (Å²) >= 11 is 1.71. The number of aromatic nitrogens is 10. The molecule has 292 valence electrons. The summed E-state index contributed by atoms with van der Waals surface area (Å²) in [6.07, 6.45) is 35.9. The molecule has 1 aliphatic heterocycles. The average Bonchev–Trinajstić information content (AvgIpc) is 4.08. The quantitative estimate of drug-likeness (QED) is 0.115. The van der Waals surface area contributed by atoms with Crippen LogP contribution >= 0.6 is 11.3 Å². The molecule has 0 aromatic carbocycles. The molecule has 9 aromatic rings. The van der Waals surface area contributed by atoms with E-state index >= 15 is 0 Å². The van der Waals surface area contributed by atoms with Gasteiger partial charge in [0.15, 0.2) is 12.7 Å². The number of hydrogen-bond donors (Lipinski definition) is 4. The maximum Gasteiger partial charge on any atom is 0.213 e. The first-order valence-corrected chi connectivity index (χ1v) is 15.4. The van der Waals surface area contributed by atoms with E-state index in [0.717, 1.165) is 6.42 Å². The highest BCUT2D eigenvalue weighted by atomic mass is 32.1. The molecule has 0 amide bonds. The van der Waals surface area contributed by atoms with Crippen LogP contribution in [0.4, 0.5) is 0 Å². The van der Waals surface area contributed by atoms with Crippen molar-refractivity contribution in [2.45, 2.75) is 36.1 Å². The number of imidazole rings is 1. The van der Waals surface area contributed by atoms with Gasteiger partial charge in [-0.25, -0.2) is 15.0 Å². The van der Waals surface area contributed by atoms with Gasteiger partial charge >= 0.3 is 0 Å². The van der Waals surface area contributed by atoms with Crippen LogP contribution in [0.3, 0.4) is 0 Å². The molecule has 15 nitrogen and oxygen atoms in total. The van der Waals surface area contributed by atoms with Crippen molar-refractivity contribution in [3.8, 4) is 0 Å². The molecule has 16 heteroatoms. The summed E-state index contributed by atoms with van der Waals surface area (Å²) in [7, 11) is 0. The normalized spacial score (nSPS) is 8.30. The molecule has 4 N–H and O–H groups in total. The van der Waals surface area contributed by atoms with Crippen LogP contribution in [0.2, 0.25) is 0 Å². The van der Waals surface area contributed by atoms with Gasteiger partial charge in [-0.05, 0) is 59.3 Å². The zero-order chi connectivity index (χ0) is 35.4. The van der Waals surface area contributed by atoms with Crippen molar-refractivity contribution in [1.29, 1.82) is 0 Å². The number of oxazole rings is 1. The number of aliphatic imine (C=N–C) groups is 1. The molecule has 10 heterocycles. The molecule has 9 aromatic heterocycles. The zero-order valence-electron chi connectivity index (χ0n) is 26.9. The lowest BCUT2D eigenvalue weighted by atomic mass is 10.5. The van der Waals surface area contributed by atoms with Crippen LogP contribution in [-0.2, 0) is 0 Å². The van der Waals surface area contributed by atoms with Gasteiger partial charge in [0.05, 0.1) is 25.1 Å². The Morgan fingerprint density at radius 3 is 1.24 bits per heavy atom. The van der Waals surface area contributed by atoms with E-state index in [-0.39, 0.29) is 29.7 Å². The molecule has 0 bridgehead atoms. The second kappa shape index (κ2) is 50.3. The first kappa shape index (κ1) is 53.7. The first-order valence-electron chi connectivity index (χ1n) is 14.5. The average molecular weight is 762 g/mol. The molecule has 0 aliphatic carbocycles. The summed E-state index contributed by atoms with van der Waals surface area (Å²) in [5.74, 6) is 0. The highest BCUT2D eigenvalue weighted by molar-refractivity contribution is 7.07. The van der Waals surface area contributed by atoms with E-state index in [9.17, 15) is 0 Å². The number of thiophene rings is 1. The Balaban J connectivity index is -0.000000255. The van der Waals surface area contributed by atoms with E-state index in [0.29, 0.717) is 0 Å². The van der Waals surface area contributed by atoms with Gasteiger partial charge in [-0.2, -0.15) is 11.3 Å². The topological polar surface area (TPSA) is 205 Å². The number of aromatic amines is 4. The Kier molecular flexibility index (Phi) is 50.0. The minimum Gasteiger partial charge on any atom is -0.473 e. The minimum atomic E-state index is 0. The van der Waals surface area contributed by atoms with Crippen molar-refractivity contribution < 1.29 is 17.8 Å². The summed E-state index contributed by atoms with van der Waals surface area (Å²) in [4.78, 5) is 25.8. The Morgan fingerprint density at radius 2 is 1.09 bits per heavy atom. The summed E-state index contributed by atoms with van der Waals surface area (Å²) < 4.78 is 17.6. The molecule has 1 aliphatic rings. The lowest BCUT2D eigenvalue weighted by Crippen LogP contribution is -1.53. The van der Waals surface area contributed by atoms with Crippen molar-refractivity contribution >= 4 is 17.6 Å². The van der Waals surface area contributed by atoms with Crippen molar-refractivity contribution in [2.24, 2.45) is 4.99 Å². The van der Waals surface area contributed by atoms with Gasteiger partial charge in [0.2, 0.25) is 19.2 Å². The second-order valence-corrected chi connectivity index (χ2v) is 8.60. The fraction of sp³-hybridized carbons (Fsp3) is 0.132. The standard InChI is InChI=1S/4C4H5N.C4H4O.C4H4S.C3H4N2.C3H3NO.2C2H2N2O.4CH4/c6*1-2-4-5-3-1;2*1-2-5-3-4-1;1-3-4-2-5-1;1-3-2-5-4-1;;;;/h1,3-4H,2H2;3*1-5H;2*1-4H;1-3H,(H,4,5);1-3H;2*1-2H;4*1H4. The van der Waals surface area contributed by atoms with Crippen LogP contribution in [0.15, 0.2) is 219 Å². The Hall–Kier alpha value is -7.07. The minimum absolute atomic E-state index is 0. The van der Waals surface area contributed by atoms with E-state index in [1.807, 2.05) is 121 Å². The van der Waals surface area contributed by atoms with Crippen molar-refractivity contribution in [3.05, 3.63) is 196 Å². The Bertz CT molecular complexity index is 1110. The molecule has 0 atom stereocenters. The molecule has 0 saturated carbocycles. The number of hydrogen-bond acceptors (Lipinski definition) is 12. The number of rotatable bonds is 0. The SMILES string of the molecule is C.C.C.C.C1=CN=CC1.c1c[nH]cn1.c1cc[nH]c1.c1cc[nH]c1.c1cc[nH]c1.c1ccoc1.c1ccsc1.c1cocn1.c1ncon1.c1nnco1.